The van der Waals surface area contributed by atoms with Gasteiger partial charge in [0.25, 0.3) is 17.2 Å². The van der Waals surface area contributed by atoms with Crippen LogP contribution in [0.2, 0.25) is 0 Å². The number of nitro benzene ring substituents is 1. The number of amides is 1. The fourth-order valence-electron chi connectivity index (χ4n) is 2.54. The van der Waals surface area contributed by atoms with E-state index in [1.54, 1.807) is 13.0 Å². The van der Waals surface area contributed by atoms with E-state index >= 15 is 0 Å². The standard InChI is InChI=1S/C19H14FN3O4/c1-11-10-14(23(26)27)6-8-16(11)21-18(24)15-7-9-17(22-19(15)25)12-2-4-13(20)5-3-12/h2-10H,1H3,(H,21,24)(H,22,25). The van der Waals surface area contributed by atoms with Crippen molar-refractivity contribution >= 4 is 17.3 Å². The number of nitro groups is 1. The molecule has 7 nitrogen and oxygen atoms in total. The molecule has 0 aliphatic carbocycles. The van der Waals surface area contributed by atoms with Crippen LogP contribution in [0.3, 0.4) is 0 Å². The third kappa shape index (κ3) is 3.90. The number of benzene rings is 2. The fourth-order valence-corrected chi connectivity index (χ4v) is 2.54. The molecule has 1 amide bonds. The zero-order chi connectivity index (χ0) is 19.6. The summed E-state index contributed by atoms with van der Waals surface area (Å²) in [4.78, 5) is 37.5. The number of carbonyl (C=O) groups is 1. The molecule has 0 aliphatic rings. The smallest absolute Gasteiger partial charge is 0.269 e. The maximum Gasteiger partial charge on any atom is 0.269 e. The third-order valence-electron chi connectivity index (χ3n) is 3.98. The van der Waals surface area contributed by atoms with Crippen LogP contribution in [0.1, 0.15) is 15.9 Å². The van der Waals surface area contributed by atoms with Crippen molar-refractivity contribution < 1.29 is 14.1 Å². The molecule has 0 spiro atoms. The highest BCUT2D eigenvalue weighted by molar-refractivity contribution is 6.04. The Morgan fingerprint density at radius 2 is 1.81 bits per heavy atom. The molecule has 8 heteroatoms. The summed E-state index contributed by atoms with van der Waals surface area (Å²) < 4.78 is 13.0. The van der Waals surface area contributed by atoms with E-state index in [9.17, 15) is 24.1 Å². The molecule has 2 N–H and O–H groups in total. The van der Waals surface area contributed by atoms with E-state index in [1.807, 2.05) is 0 Å². The molecule has 2 aromatic carbocycles. The molecule has 1 aromatic heterocycles. The fraction of sp³-hybridized carbons (Fsp3) is 0.0526. The number of non-ortho nitro benzene ring substituents is 1. The number of hydrogen-bond donors (Lipinski definition) is 2. The van der Waals surface area contributed by atoms with Crippen molar-refractivity contribution in [1.82, 2.24) is 4.98 Å². The first-order valence-electron chi connectivity index (χ1n) is 7.91. The maximum absolute atomic E-state index is 13.0. The molecular formula is C19H14FN3O4. The minimum Gasteiger partial charge on any atom is -0.322 e. The van der Waals surface area contributed by atoms with Gasteiger partial charge in [-0.05, 0) is 60.5 Å². The normalized spacial score (nSPS) is 10.4. The number of pyridine rings is 1. The van der Waals surface area contributed by atoms with E-state index in [0.29, 0.717) is 22.5 Å². The molecular weight excluding hydrogens is 353 g/mol. The van der Waals surface area contributed by atoms with E-state index in [4.69, 9.17) is 0 Å². The average molecular weight is 367 g/mol. The van der Waals surface area contributed by atoms with Gasteiger partial charge in [-0.25, -0.2) is 4.39 Å². The quantitative estimate of drug-likeness (QED) is 0.542. The number of aryl methyl sites for hydroxylation is 1. The molecule has 0 saturated heterocycles. The van der Waals surface area contributed by atoms with Crippen LogP contribution < -0.4 is 10.9 Å². The van der Waals surface area contributed by atoms with Gasteiger partial charge in [0.1, 0.15) is 11.4 Å². The topological polar surface area (TPSA) is 105 Å². The first kappa shape index (κ1) is 18.0. The van der Waals surface area contributed by atoms with Crippen molar-refractivity contribution in [3.05, 3.63) is 92.0 Å². The zero-order valence-electron chi connectivity index (χ0n) is 14.2. The predicted octanol–water partition coefficient (Wildman–Crippen LogP) is 3.65. The van der Waals surface area contributed by atoms with E-state index in [0.717, 1.165) is 0 Å². The Balaban J connectivity index is 1.84. The Morgan fingerprint density at radius 1 is 1.11 bits per heavy atom. The van der Waals surface area contributed by atoms with E-state index in [2.05, 4.69) is 10.3 Å². The molecule has 136 valence electrons. The van der Waals surface area contributed by atoms with Gasteiger partial charge in [0, 0.05) is 23.5 Å². The largest absolute Gasteiger partial charge is 0.322 e. The van der Waals surface area contributed by atoms with Crippen LogP contribution >= 0.6 is 0 Å². The van der Waals surface area contributed by atoms with Crippen LogP contribution in [0.4, 0.5) is 15.8 Å². The Kier molecular flexibility index (Phi) is 4.80. The monoisotopic (exact) mass is 367 g/mol. The van der Waals surface area contributed by atoms with Gasteiger partial charge in [0.15, 0.2) is 0 Å². The highest BCUT2D eigenvalue weighted by Crippen LogP contribution is 2.22. The second-order valence-electron chi connectivity index (χ2n) is 5.83. The molecule has 0 bridgehead atoms. The Morgan fingerprint density at radius 3 is 2.41 bits per heavy atom. The molecule has 0 atom stereocenters. The van der Waals surface area contributed by atoms with Gasteiger partial charge in [-0.1, -0.05) is 0 Å². The van der Waals surface area contributed by atoms with Crippen molar-refractivity contribution in [2.45, 2.75) is 6.92 Å². The number of nitrogens with one attached hydrogen (secondary N) is 2. The molecule has 0 unspecified atom stereocenters. The number of nitrogens with zero attached hydrogens (tertiary/aromatic N) is 1. The van der Waals surface area contributed by atoms with Crippen molar-refractivity contribution in [3.63, 3.8) is 0 Å². The van der Waals surface area contributed by atoms with Gasteiger partial charge in [0.2, 0.25) is 0 Å². The third-order valence-corrected chi connectivity index (χ3v) is 3.98. The number of anilines is 1. The first-order chi connectivity index (χ1) is 12.8. The van der Waals surface area contributed by atoms with Crippen molar-refractivity contribution in [2.75, 3.05) is 5.32 Å². The summed E-state index contributed by atoms with van der Waals surface area (Å²) in [7, 11) is 0. The SMILES string of the molecule is Cc1cc([N+](=O)[O-])ccc1NC(=O)c1ccc(-c2ccc(F)cc2)[nH]c1=O. The predicted molar refractivity (Wildman–Crippen MR) is 98.2 cm³/mol. The summed E-state index contributed by atoms with van der Waals surface area (Å²) >= 11 is 0. The molecule has 3 rings (SSSR count). The van der Waals surface area contributed by atoms with Crippen LogP contribution in [-0.4, -0.2) is 15.8 Å². The Labute approximate surface area is 152 Å². The number of halogens is 1. The van der Waals surface area contributed by atoms with Gasteiger partial charge in [0.05, 0.1) is 4.92 Å². The van der Waals surface area contributed by atoms with Crippen LogP contribution in [0, 0.1) is 22.9 Å². The molecule has 0 saturated carbocycles. The minimum absolute atomic E-state index is 0.0907. The summed E-state index contributed by atoms with van der Waals surface area (Å²) in [5.74, 6) is -1.03. The summed E-state index contributed by atoms with van der Waals surface area (Å²) in [5.41, 5.74) is 1.11. The van der Waals surface area contributed by atoms with Crippen LogP contribution in [0.25, 0.3) is 11.3 Å². The lowest BCUT2D eigenvalue weighted by molar-refractivity contribution is -0.384. The van der Waals surface area contributed by atoms with E-state index in [-0.39, 0.29) is 11.3 Å². The number of aromatic nitrogens is 1. The summed E-state index contributed by atoms with van der Waals surface area (Å²) in [6, 6.07) is 12.5. The summed E-state index contributed by atoms with van der Waals surface area (Å²) in [6.07, 6.45) is 0. The van der Waals surface area contributed by atoms with Gasteiger partial charge < -0.3 is 10.3 Å². The van der Waals surface area contributed by atoms with Crippen LogP contribution in [0.15, 0.2) is 59.4 Å². The summed E-state index contributed by atoms with van der Waals surface area (Å²) in [6.45, 7) is 1.62. The minimum atomic E-state index is -0.640. The first-order valence-corrected chi connectivity index (χ1v) is 7.91. The van der Waals surface area contributed by atoms with Gasteiger partial charge >= 0.3 is 0 Å². The molecule has 1 heterocycles. The van der Waals surface area contributed by atoms with Gasteiger partial charge in [-0.2, -0.15) is 0 Å². The van der Waals surface area contributed by atoms with Gasteiger partial charge in [-0.15, -0.1) is 0 Å². The van der Waals surface area contributed by atoms with Gasteiger partial charge in [-0.3, -0.25) is 19.7 Å². The van der Waals surface area contributed by atoms with Crippen molar-refractivity contribution in [1.29, 1.82) is 0 Å². The van der Waals surface area contributed by atoms with Crippen molar-refractivity contribution in [2.24, 2.45) is 0 Å². The molecule has 0 radical (unpaired) electrons. The zero-order valence-corrected chi connectivity index (χ0v) is 14.2. The average Bonchev–Trinajstić information content (AvgIpc) is 2.63. The second-order valence-corrected chi connectivity index (χ2v) is 5.83. The second kappa shape index (κ2) is 7.20. The lowest BCUT2D eigenvalue weighted by Crippen LogP contribution is -2.23. The van der Waals surface area contributed by atoms with E-state index in [1.165, 1.54) is 48.5 Å². The highest BCUT2D eigenvalue weighted by Gasteiger charge is 2.14. The lowest BCUT2D eigenvalue weighted by Gasteiger charge is -2.08. The molecule has 27 heavy (non-hydrogen) atoms. The van der Waals surface area contributed by atoms with Crippen LogP contribution in [-0.2, 0) is 0 Å². The number of carbonyl (C=O) groups excluding carboxylic acids is 1. The number of hydrogen-bond acceptors (Lipinski definition) is 4. The molecule has 0 fully saturated rings. The Bertz CT molecular complexity index is 1090. The number of rotatable bonds is 4. The number of H-pyrrole nitrogens is 1. The summed E-state index contributed by atoms with van der Waals surface area (Å²) in [5, 5.41) is 13.3. The van der Waals surface area contributed by atoms with Crippen LogP contribution in [0.5, 0.6) is 0 Å². The van der Waals surface area contributed by atoms with E-state index < -0.39 is 22.2 Å². The Hall–Kier alpha value is -3.81. The van der Waals surface area contributed by atoms with Crippen molar-refractivity contribution in [3.8, 4) is 11.3 Å². The maximum atomic E-state index is 13.0. The molecule has 0 aliphatic heterocycles. The lowest BCUT2D eigenvalue weighted by atomic mass is 10.1. The molecule has 3 aromatic rings. The highest BCUT2D eigenvalue weighted by atomic mass is 19.1. The number of aromatic amines is 1.